The number of halogens is 1. The van der Waals surface area contributed by atoms with Crippen LogP contribution in [0.2, 0.25) is 5.02 Å². The minimum Gasteiger partial charge on any atom is -0.493 e. The minimum atomic E-state index is -0.535. The molecule has 2 aromatic rings. The molecule has 1 aliphatic rings. The van der Waals surface area contributed by atoms with E-state index in [1.807, 2.05) is 0 Å². The number of ether oxygens (including phenoxy) is 3. The molecule has 7 heteroatoms. The second-order valence-electron chi connectivity index (χ2n) is 5.89. The highest BCUT2D eigenvalue weighted by Crippen LogP contribution is 2.38. The van der Waals surface area contributed by atoms with Crippen molar-refractivity contribution in [1.29, 1.82) is 0 Å². The first-order chi connectivity index (χ1) is 13.5. The molecule has 3 rings (SSSR count). The summed E-state index contributed by atoms with van der Waals surface area (Å²) in [7, 11) is 1.42. The van der Waals surface area contributed by atoms with Crippen molar-refractivity contribution < 1.29 is 28.6 Å². The Kier molecular flexibility index (Phi) is 5.80. The Hall–Kier alpha value is -3.12. The molecule has 0 saturated heterocycles. The number of carbonyl (C=O) groups is 3. The van der Waals surface area contributed by atoms with Crippen LogP contribution in [0, 0.1) is 0 Å². The van der Waals surface area contributed by atoms with Gasteiger partial charge >= 0.3 is 5.97 Å². The predicted molar refractivity (Wildman–Crippen MR) is 103 cm³/mol. The summed E-state index contributed by atoms with van der Waals surface area (Å²) in [5, 5.41) is 0.172. The molecule has 6 nitrogen and oxygen atoms in total. The molecule has 0 unspecified atom stereocenters. The van der Waals surface area contributed by atoms with E-state index in [-0.39, 0.29) is 46.9 Å². The number of rotatable bonds is 6. The zero-order chi connectivity index (χ0) is 20.3. The van der Waals surface area contributed by atoms with E-state index in [9.17, 15) is 14.4 Å². The van der Waals surface area contributed by atoms with E-state index < -0.39 is 5.97 Å². The number of allylic oxidation sites excluding steroid dienone is 1. The van der Waals surface area contributed by atoms with E-state index in [0.29, 0.717) is 16.7 Å². The second kappa shape index (κ2) is 8.27. The standard InChI is InChI=1S/C21H17ClO6/c1-3-27-18(23)11-28-21-16(22)9-12(10-17(21)26-2)8-15-19(24)13-6-4-5-7-14(13)20(15)25/h4-10H,3,11H2,1-2H3. The first kappa shape index (κ1) is 19.6. The third kappa shape index (κ3) is 3.77. The highest BCUT2D eigenvalue weighted by atomic mass is 35.5. The molecule has 0 amide bonds. The number of esters is 1. The van der Waals surface area contributed by atoms with E-state index in [2.05, 4.69) is 0 Å². The van der Waals surface area contributed by atoms with Crippen molar-refractivity contribution in [2.75, 3.05) is 20.3 Å². The fraction of sp³-hybridized carbons (Fsp3) is 0.190. The summed E-state index contributed by atoms with van der Waals surface area (Å²) in [6, 6.07) is 9.77. The highest BCUT2D eigenvalue weighted by molar-refractivity contribution is 6.41. The lowest BCUT2D eigenvalue weighted by atomic mass is 10.1. The molecule has 0 aliphatic heterocycles. The van der Waals surface area contributed by atoms with Crippen LogP contribution in [0.15, 0.2) is 42.0 Å². The van der Waals surface area contributed by atoms with E-state index in [1.54, 1.807) is 37.3 Å². The quantitative estimate of drug-likeness (QED) is 0.417. The summed E-state index contributed by atoms with van der Waals surface area (Å²) >= 11 is 6.26. The van der Waals surface area contributed by atoms with Gasteiger partial charge < -0.3 is 14.2 Å². The van der Waals surface area contributed by atoms with Gasteiger partial charge in [-0.15, -0.1) is 0 Å². The fourth-order valence-electron chi connectivity index (χ4n) is 2.87. The van der Waals surface area contributed by atoms with Crippen LogP contribution < -0.4 is 9.47 Å². The first-order valence-electron chi connectivity index (χ1n) is 8.52. The lowest BCUT2D eigenvalue weighted by molar-refractivity contribution is -0.145. The summed E-state index contributed by atoms with van der Waals surface area (Å²) in [6.45, 7) is 1.61. The van der Waals surface area contributed by atoms with Crippen LogP contribution in [0.1, 0.15) is 33.2 Å². The topological polar surface area (TPSA) is 78.9 Å². The van der Waals surface area contributed by atoms with Crippen molar-refractivity contribution in [3.63, 3.8) is 0 Å². The van der Waals surface area contributed by atoms with Crippen molar-refractivity contribution >= 4 is 35.2 Å². The van der Waals surface area contributed by atoms with Gasteiger partial charge in [-0.1, -0.05) is 35.9 Å². The van der Waals surface area contributed by atoms with Crippen LogP contribution in [-0.2, 0) is 9.53 Å². The highest BCUT2D eigenvalue weighted by Gasteiger charge is 2.32. The zero-order valence-corrected chi connectivity index (χ0v) is 16.0. The monoisotopic (exact) mass is 400 g/mol. The van der Waals surface area contributed by atoms with Crippen LogP contribution >= 0.6 is 11.6 Å². The van der Waals surface area contributed by atoms with Gasteiger partial charge in [-0.3, -0.25) is 9.59 Å². The molecule has 0 heterocycles. The van der Waals surface area contributed by atoms with Crippen LogP contribution in [0.5, 0.6) is 11.5 Å². The molecule has 144 valence electrons. The van der Waals surface area contributed by atoms with E-state index in [4.69, 9.17) is 25.8 Å². The minimum absolute atomic E-state index is 0.0551. The van der Waals surface area contributed by atoms with Gasteiger partial charge in [0.2, 0.25) is 0 Å². The predicted octanol–water partition coefficient (Wildman–Crippen LogP) is 3.75. The Labute approximate surface area is 166 Å². The molecule has 0 radical (unpaired) electrons. The molecule has 0 spiro atoms. The third-order valence-electron chi connectivity index (χ3n) is 4.11. The summed E-state index contributed by atoms with van der Waals surface area (Å²) in [6.07, 6.45) is 1.47. The molecule has 28 heavy (non-hydrogen) atoms. The molecule has 1 aliphatic carbocycles. The molecule has 2 aromatic carbocycles. The van der Waals surface area contributed by atoms with E-state index in [1.165, 1.54) is 19.3 Å². The molecule has 0 saturated carbocycles. The lowest BCUT2D eigenvalue weighted by Gasteiger charge is -2.13. The molecule has 0 fully saturated rings. The van der Waals surface area contributed by atoms with Gasteiger partial charge in [0, 0.05) is 11.1 Å². The Morgan fingerprint density at radius 3 is 2.32 bits per heavy atom. The molecule has 0 aromatic heterocycles. The molecule has 0 bridgehead atoms. The molecule has 0 atom stereocenters. The van der Waals surface area contributed by atoms with Gasteiger partial charge in [0.25, 0.3) is 0 Å². The maximum atomic E-state index is 12.5. The van der Waals surface area contributed by atoms with Crippen molar-refractivity contribution in [2.45, 2.75) is 6.92 Å². The van der Waals surface area contributed by atoms with E-state index in [0.717, 1.165) is 0 Å². The number of benzene rings is 2. The van der Waals surface area contributed by atoms with Crippen LogP contribution in [0.4, 0.5) is 0 Å². The number of methoxy groups -OCH3 is 1. The molecular formula is C21H17ClO6. The average molecular weight is 401 g/mol. The Balaban J connectivity index is 1.91. The first-order valence-corrected chi connectivity index (χ1v) is 8.90. The normalized spacial score (nSPS) is 12.6. The Morgan fingerprint density at radius 2 is 1.75 bits per heavy atom. The Bertz CT molecular complexity index is 955. The summed E-state index contributed by atoms with van der Waals surface area (Å²) in [4.78, 5) is 36.5. The van der Waals surface area contributed by atoms with Gasteiger partial charge in [0.15, 0.2) is 29.7 Å². The van der Waals surface area contributed by atoms with Gasteiger partial charge in [-0.25, -0.2) is 4.79 Å². The van der Waals surface area contributed by atoms with E-state index >= 15 is 0 Å². The van der Waals surface area contributed by atoms with Crippen LogP contribution in [-0.4, -0.2) is 37.9 Å². The summed E-state index contributed by atoms with van der Waals surface area (Å²) in [5.41, 5.74) is 1.31. The van der Waals surface area contributed by atoms with Gasteiger partial charge in [0.05, 0.1) is 24.3 Å². The van der Waals surface area contributed by atoms with Gasteiger partial charge in [-0.2, -0.15) is 0 Å². The van der Waals surface area contributed by atoms with Crippen LogP contribution in [0.3, 0.4) is 0 Å². The zero-order valence-electron chi connectivity index (χ0n) is 15.3. The fourth-order valence-corrected chi connectivity index (χ4v) is 3.14. The number of Topliss-reactive ketones (excluding diaryl/α,β-unsaturated/α-hetero) is 2. The van der Waals surface area contributed by atoms with Gasteiger partial charge in [0.1, 0.15) is 0 Å². The number of hydrogen-bond acceptors (Lipinski definition) is 6. The Morgan fingerprint density at radius 1 is 1.11 bits per heavy atom. The number of hydrogen-bond donors (Lipinski definition) is 0. The molecule has 0 N–H and O–H groups in total. The third-order valence-corrected chi connectivity index (χ3v) is 4.39. The summed E-state index contributed by atoms with van der Waals surface area (Å²) in [5.74, 6) is -0.769. The lowest BCUT2D eigenvalue weighted by Crippen LogP contribution is -2.15. The average Bonchev–Trinajstić information content (AvgIpc) is 2.92. The van der Waals surface area contributed by atoms with Crippen molar-refractivity contribution in [3.8, 4) is 11.5 Å². The number of fused-ring (bicyclic) bond motifs is 1. The van der Waals surface area contributed by atoms with Crippen molar-refractivity contribution in [2.24, 2.45) is 0 Å². The smallest absolute Gasteiger partial charge is 0.344 e. The van der Waals surface area contributed by atoms with Gasteiger partial charge in [-0.05, 0) is 30.7 Å². The number of ketones is 2. The molecular weight excluding hydrogens is 384 g/mol. The number of carbonyl (C=O) groups excluding carboxylic acids is 3. The van der Waals surface area contributed by atoms with Crippen LogP contribution in [0.25, 0.3) is 6.08 Å². The maximum Gasteiger partial charge on any atom is 0.344 e. The largest absolute Gasteiger partial charge is 0.493 e. The second-order valence-corrected chi connectivity index (χ2v) is 6.30. The van der Waals surface area contributed by atoms with Crippen molar-refractivity contribution in [1.82, 2.24) is 0 Å². The summed E-state index contributed by atoms with van der Waals surface area (Å²) < 4.78 is 15.5. The SMILES string of the molecule is CCOC(=O)COc1c(Cl)cc(C=C2C(=O)c3ccccc3C2=O)cc1OC. The maximum absolute atomic E-state index is 12.5. The van der Waals surface area contributed by atoms with Crippen molar-refractivity contribution in [3.05, 3.63) is 63.7 Å².